The molecule has 162 valence electrons. The Kier molecular flexibility index (Phi) is 4.77. The largest absolute Gasteiger partial charge is 0.456 e. The first-order chi connectivity index (χ1) is 15.4. The summed E-state index contributed by atoms with van der Waals surface area (Å²) in [6.45, 7) is 4.33. The zero-order chi connectivity index (χ0) is 22.3. The summed E-state index contributed by atoms with van der Waals surface area (Å²) in [7, 11) is 0. The Morgan fingerprint density at radius 3 is 2.78 bits per heavy atom. The van der Waals surface area contributed by atoms with Gasteiger partial charge < -0.3 is 24.8 Å². The molecule has 32 heavy (non-hydrogen) atoms. The number of nitrogens with zero attached hydrogens (tertiary/aromatic N) is 5. The van der Waals surface area contributed by atoms with E-state index in [1.165, 1.54) is 0 Å². The molecule has 1 saturated heterocycles. The van der Waals surface area contributed by atoms with Gasteiger partial charge in [0.2, 0.25) is 5.95 Å². The molecule has 3 N–H and O–H groups in total. The molecule has 1 aliphatic heterocycles. The van der Waals surface area contributed by atoms with Crippen LogP contribution in [0.15, 0.2) is 41.1 Å². The van der Waals surface area contributed by atoms with Crippen molar-refractivity contribution < 1.29 is 19.1 Å². The van der Waals surface area contributed by atoms with Gasteiger partial charge in [-0.05, 0) is 32.0 Å². The van der Waals surface area contributed by atoms with Gasteiger partial charge in [0, 0.05) is 23.9 Å². The maximum absolute atomic E-state index is 10.7. The lowest BCUT2D eigenvalue weighted by Crippen LogP contribution is -2.39. The SMILES string of the molecule is Cc1cc([C@](C)(O)C#Cc2ccc3nc(OC4COC4)n(-c4ccnc(N)n4)c3c2)no1. The summed E-state index contributed by atoms with van der Waals surface area (Å²) in [5.41, 5.74) is 6.77. The first-order valence-corrected chi connectivity index (χ1v) is 9.94. The average molecular weight is 432 g/mol. The molecule has 0 amide bonds. The van der Waals surface area contributed by atoms with Gasteiger partial charge in [0.25, 0.3) is 0 Å². The van der Waals surface area contributed by atoms with Crippen LogP contribution in [0.25, 0.3) is 16.9 Å². The number of fused-ring (bicyclic) bond motifs is 1. The molecule has 1 fully saturated rings. The second kappa shape index (κ2) is 7.64. The van der Waals surface area contributed by atoms with E-state index in [4.69, 9.17) is 19.7 Å². The van der Waals surface area contributed by atoms with Crippen molar-refractivity contribution in [3.8, 4) is 23.7 Å². The summed E-state index contributed by atoms with van der Waals surface area (Å²) in [6.07, 6.45) is 1.49. The third-order valence-electron chi connectivity index (χ3n) is 4.97. The standard InChI is InChI=1S/C22H20N6O4/c1-13-9-18(27-32-13)22(2,29)7-5-14-3-4-16-17(10-14)28(19-6-8-24-20(23)26-19)21(25-16)31-15-11-30-12-15/h3-4,6,8-10,15,29H,11-12H2,1-2H3,(H2,23,24,26)/t22-/m1/s1. The highest BCUT2D eigenvalue weighted by Crippen LogP contribution is 2.28. The number of nitrogens with two attached hydrogens (primary N) is 1. The minimum Gasteiger partial charge on any atom is -0.456 e. The molecule has 5 rings (SSSR count). The van der Waals surface area contributed by atoms with E-state index in [-0.39, 0.29) is 12.1 Å². The highest BCUT2D eigenvalue weighted by atomic mass is 16.6. The highest BCUT2D eigenvalue weighted by molar-refractivity contribution is 5.80. The van der Waals surface area contributed by atoms with Crippen LogP contribution < -0.4 is 10.5 Å². The second-order valence-electron chi connectivity index (χ2n) is 7.63. The fourth-order valence-electron chi connectivity index (χ4n) is 3.20. The number of rotatable bonds is 4. The Hall–Kier alpha value is -3.94. The van der Waals surface area contributed by atoms with Gasteiger partial charge in [0.15, 0.2) is 5.60 Å². The van der Waals surface area contributed by atoms with Crippen molar-refractivity contribution in [2.24, 2.45) is 0 Å². The zero-order valence-corrected chi connectivity index (χ0v) is 17.4. The Morgan fingerprint density at radius 1 is 1.25 bits per heavy atom. The molecule has 0 unspecified atom stereocenters. The number of aryl methyl sites for hydroxylation is 1. The van der Waals surface area contributed by atoms with Crippen LogP contribution >= 0.6 is 0 Å². The quantitative estimate of drug-likeness (QED) is 0.462. The van der Waals surface area contributed by atoms with E-state index in [0.717, 1.165) is 5.52 Å². The zero-order valence-electron chi connectivity index (χ0n) is 17.4. The van der Waals surface area contributed by atoms with E-state index in [0.29, 0.717) is 47.6 Å². The lowest BCUT2D eigenvalue weighted by atomic mass is 10.0. The van der Waals surface area contributed by atoms with Gasteiger partial charge in [-0.3, -0.25) is 0 Å². The Morgan fingerprint density at radius 2 is 2.09 bits per heavy atom. The molecule has 0 saturated carbocycles. The normalized spacial score (nSPS) is 15.6. The van der Waals surface area contributed by atoms with Gasteiger partial charge in [-0.15, -0.1) is 0 Å². The minimum atomic E-state index is -1.47. The lowest BCUT2D eigenvalue weighted by Gasteiger charge is -2.26. The van der Waals surface area contributed by atoms with E-state index in [2.05, 4.69) is 31.9 Å². The Labute approximate surface area is 183 Å². The Bertz CT molecular complexity index is 1360. The van der Waals surface area contributed by atoms with Crippen LogP contribution in [0.4, 0.5) is 5.95 Å². The average Bonchev–Trinajstić information content (AvgIpc) is 3.32. The van der Waals surface area contributed by atoms with Crippen molar-refractivity contribution in [3.05, 3.63) is 53.5 Å². The molecule has 1 atom stereocenters. The summed E-state index contributed by atoms with van der Waals surface area (Å²) in [5, 5.41) is 14.6. The predicted molar refractivity (Wildman–Crippen MR) is 114 cm³/mol. The Balaban J connectivity index is 1.58. The van der Waals surface area contributed by atoms with Crippen LogP contribution in [0, 0.1) is 18.8 Å². The molecule has 4 heterocycles. The molecule has 0 radical (unpaired) electrons. The van der Waals surface area contributed by atoms with Crippen LogP contribution in [0.1, 0.15) is 23.9 Å². The number of hydrogen-bond acceptors (Lipinski definition) is 9. The lowest BCUT2D eigenvalue weighted by molar-refractivity contribution is -0.0835. The second-order valence-corrected chi connectivity index (χ2v) is 7.63. The molecule has 4 aromatic rings. The fraction of sp³-hybridized carbons (Fsp3) is 0.273. The summed E-state index contributed by atoms with van der Waals surface area (Å²) >= 11 is 0. The molecule has 0 aliphatic carbocycles. The third kappa shape index (κ3) is 3.75. The van der Waals surface area contributed by atoms with Crippen LogP contribution in [0.3, 0.4) is 0 Å². The summed E-state index contributed by atoms with van der Waals surface area (Å²) in [4.78, 5) is 12.9. The highest BCUT2D eigenvalue weighted by Gasteiger charge is 2.26. The molecule has 1 aromatic carbocycles. The number of anilines is 1. The fourth-order valence-corrected chi connectivity index (χ4v) is 3.20. The maximum atomic E-state index is 10.7. The van der Waals surface area contributed by atoms with Gasteiger partial charge in [-0.25, -0.2) is 9.55 Å². The first-order valence-electron chi connectivity index (χ1n) is 9.94. The third-order valence-corrected chi connectivity index (χ3v) is 4.97. The molecular formula is C22H20N6O4. The number of hydrogen-bond donors (Lipinski definition) is 2. The van der Waals surface area contributed by atoms with Gasteiger partial charge >= 0.3 is 6.01 Å². The van der Waals surface area contributed by atoms with E-state index in [9.17, 15) is 5.11 Å². The number of nitrogen functional groups attached to an aromatic ring is 1. The minimum absolute atomic E-state index is 0.0787. The van der Waals surface area contributed by atoms with E-state index < -0.39 is 5.60 Å². The summed E-state index contributed by atoms with van der Waals surface area (Å²) in [5.74, 6) is 7.11. The van der Waals surface area contributed by atoms with Crippen LogP contribution in [0.5, 0.6) is 6.01 Å². The maximum Gasteiger partial charge on any atom is 0.303 e. The number of ether oxygens (including phenoxy) is 2. The van der Waals surface area contributed by atoms with Crippen LogP contribution in [-0.4, -0.2) is 49.1 Å². The van der Waals surface area contributed by atoms with E-state index in [1.54, 1.807) is 36.7 Å². The van der Waals surface area contributed by atoms with Gasteiger partial charge in [-0.1, -0.05) is 17.0 Å². The predicted octanol–water partition coefficient (Wildman–Crippen LogP) is 1.73. The molecule has 1 aliphatic rings. The molecule has 0 spiro atoms. The molecule has 3 aromatic heterocycles. The van der Waals surface area contributed by atoms with Gasteiger partial charge in [-0.2, -0.15) is 9.97 Å². The van der Waals surface area contributed by atoms with Crippen LogP contribution in [0.2, 0.25) is 0 Å². The van der Waals surface area contributed by atoms with Crippen molar-refractivity contribution in [2.75, 3.05) is 18.9 Å². The van der Waals surface area contributed by atoms with E-state index in [1.807, 2.05) is 18.2 Å². The number of imidazole rings is 1. The topological polar surface area (TPSA) is 134 Å². The summed E-state index contributed by atoms with van der Waals surface area (Å²) in [6, 6.07) is 9.25. The van der Waals surface area contributed by atoms with Gasteiger partial charge in [0.05, 0.1) is 24.2 Å². The number of aromatic nitrogens is 5. The van der Waals surface area contributed by atoms with Crippen LogP contribution in [-0.2, 0) is 10.3 Å². The van der Waals surface area contributed by atoms with E-state index >= 15 is 0 Å². The molecule has 0 bridgehead atoms. The smallest absolute Gasteiger partial charge is 0.303 e. The molecule has 10 heteroatoms. The van der Waals surface area contributed by atoms with Crippen molar-refractivity contribution in [3.63, 3.8) is 0 Å². The van der Waals surface area contributed by atoms with Crippen molar-refractivity contribution in [1.82, 2.24) is 24.7 Å². The summed E-state index contributed by atoms with van der Waals surface area (Å²) < 4.78 is 18.0. The van der Waals surface area contributed by atoms with Crippen molar-refractivity contribution >= 4 is 17.0 Å². The van der Waals surface area contributed by atoms with Crippen molar-refractivity contribution in [1.29, 1.82) is 0 Å². The first kappa shape index (κ1) is 20.0. The monoisotopic (exact) mass is 432 g/mol. The van der Waals surface area contributed by atoms with Crippen molar-refractivity contribution in [2.45, 2.75) is 25.6 Å². The number of aliphatic hydroxyl groups is 1. The number of benzene rings is 1. The van der Waals surface area contributed by atoms with Gasteiger partial charge in [0.1, 0.15) is 23.4 Å². The molecule has 10 nitrogen and oxygen atoms in total. The molecular weight excluding hydrogens is 412 g/mol.